The Morgan fingerprint density at radius 2 is 2.00 bits per heavy atom. The van der Waals surface area contributed by atoms with Gasteiger partial charge in [0.1, 0.15) is 0 Å². The van der Waals surface area contributed by atoms with E-state index in [4.69, 9.17) is 9.81 Å². The van der Waals surface area contributed by atoms with Crippen LogP contribution < -0.4 is 0 Å². The van der Waals surface area contributed by atoms with Crippen LogP contribution in [0.15, 0.2) is 0 Å². The van der Waals surface area contributed by atoms with Crippen molar-refractivity contribution < 1.29 is 34.2 Å². The molecule has 0 bridgehead atoms. The van der Waals surface area contributed by atoms with Crippen molar-refractivity contribution in [2.45, 2.75) is 0 Å². The fraction of sp³-hybridized carbons (Fsp3) is 0. The van der Waals surface area contributed by atoms with Crippen LogP contribution >= 0.6 is 0 Å². The summed E-state index contributed by atoms with van der Waals surface area (Å²) >= 11 is 0. The monoisotopic (exact) mass is 179 g/mol. The molecule has 5 nitrogen and oxygen atoms in total. The number of nitriles is 1. The maximum Gasteiger partial charge on any atom is 0.456 e. The minimum absolute atomic E-state index is 0. The van der Waals surface area contributed by atoms with Crippen molar-refractivity contribution in [2.24, 2.45) is 0 Å². The predicted octanol–water partition coefficient (Wildman–Crippen LogP) is -0.716. The molecule has 0 fully saturated rings. The molecule has 0 heterocycles. The van der Waals surface area contributed by atoms with E-state index in [2.05, 4.69) is 4.18 Å². The van der Waals surface area contributed by atoms with E-state index >= 15 is 0 Å². The van der Waals surface area contributed by atoms with Crippen molar-refractivity contribution in [2.75, 3.05) is 0 Å². The molecule has 8 heavy (non-hydrogen) atoms. The molecule has 1 N–H and O–H groups in total. The molecule has 0 saturated carbocycles. The average molecular weight is 179 g/mol. The Balaban J connectivity index is 0. The first-order chi connectivity index (χ1) is 3.06. The van der Waals surface area contributed by atoms with Crippen molar-refractivity contribution in [1.29, 1.82) is 5.26 Å². The first-order valence-electron chi connectivity index (χ1n) is 1.11. The summed E-state index contributed by atoms with van der Waals surface area (Å²) < 4.78 is 29.3. The molecule has 0 radical (unpaired) electrons. The van der Waals surface area contributed by atoms with Gasteiger partial charge in [-0.05, 0) is 0 Å². The molecule has 0 aromatic carbocycles. The Bertz CT molecular complexity index is 177. The van der Waals surface area contributed by atoms with E-state index in [0.717, 1.165) is 6.26 Å². The minimum Gasteiger partial charge on any atom is -0.281 e. The van der Waals surface area contributed by atoms with Gasteiger partial charge in [0.05, 0.1) is 0 Å². The standard InChI is InChI=1S/CHNO4S.Fe/c2-1-6-7(3,4)5;/h(H,3,4,5);. The van der Waals surface area contributed by atoms with Gasteiger partial charge >= 0.3 is 16.7 Å². The van der Waals surface area contributed by atoms with Crippen molar-refractivity contribution in [3.8, 4) is 6.26 Å². The summed E-state index contributed by atoms with van der Waals surface area (Å²) in [7, 11) is -4.54. The van der Waals surface area contributed by atoms with Crippen LogP contribution in [0.3, 0.4) is 0 Å². The second-order valence-electron chi connectivity index (χ2n) is 0.602. The minimum atomic E-state index is -4.54. The van der Waals surface area contributed by atoms with E-state index in [1.165, 1.54) is 0 Å². The number of nitrogens with zero attached hydrogens (tertiary/aromatic N) is 1. The zero-order valence-electron chi connectivity index (χ0n) is 3.38. The second kappa shape index (κ2) is 3.69. The maximum atomic E-state index is 9.34. The zero-order chi connectivity index (χ0) is 5.91. The van der Waals surface area contributed by atoms with Crippen LogP contribution in [0.4, 0.5) is 0 Å². The molecule has 0 atom stereocenters. The molecule has 0 amide bonds. The molecule has 0 spiro atoms. The second-order valence-corrected chi connectivity index (χ2v) is 1.62. The molecule has 0 aliphatic carbocycles. The summed E-state index contributed by atoms with van der Waals surface area (Å²) in [5.74, 6) is 0. The number of hydrogen-bond donors (Lipinski definition) is 1. The Hall–Kier alpha value is -0.281. The van der Waals surface area contributed by atoms with Gasteiger partial charge in [-0.2, -0.15) is 8.42 Å². The van der Waals surface area contributed by atoms with E-state index in [1.54, 1.807) is 0 Å². The van der Waals surface area contributed by atoms with Gasteiger partial charge in [-0.15, -0.1) is 5.26 Å². The van der Waals surface area contributed by atoms with Crippen LogP contribution in [0, 0.1) is 11.5 Å². The summed E-state index contributed by atoms with van der Waals surface area (Å²) in [4.78, 5) is 0. The van der Waals surface area contributed by atoms with Crippen molar-refractivity contribution in [3.63, 3.8) is 0 Å². The molecular formula is CHFeNO4S. The Kier molecular flexibility index (Phi) is 4.91. The van der Waals surface area contributed by atoms with Gasteiger partial charge in [-0.3, -0.25) is 8.74 Å². The van der Waals surface area contributed by atoms with E-state index in [-0.39, 0.29) is 17.1 Å². The maximum absolute atomic E-state index is 9.34. The quantitative estimate of drug-likeness (QED) is 0.326. The Morgan fingerprint density at radius 1 is 1.62 bits per heavy atom. The Labute approximate surface area is 56.7 Å². The molecular weight excluding hydrogens is 178 g/mol. The molecule has 0 aromatic heterocycles. The zero-order valence-corrected chi connectivity index (χ0v) is 5.30. The van der Waals surface area contributed by atoms with Gasteiger partial charge in [0, 0.05) is 17.1 Å². The van der Waals surface area contributed by atoms with Crippen LogP contribution in [0.2, 0.25) is 0 Å². The first-order valence-corrected chi connectivity index (χ1v) is 2.48. The van der Waals surface area contributed by atoms with Crippen LogP contribution in [0.25, 0.3) is 0 Å². The number of hydrogen-bond acceptors (Lipinski definition) is 4. The third-order valence-corrected chi connectivity index (χ3v) is 0.428. The van der Waals surface area contributed by atoms with E-state index in [1.807, 2.05) is 0 Å². The van der Waals surface area contributed by atoms with Gasteiger partial charge in [0.25, 0.3) is 0 Å². The molecule has 7 heteroatoms. The normalized spacial score (nSPS) is 8.50. The van der Waals surface area contributed by atoms with Gasteiger partial charge in [-0.25, -0.2) is 0 Å². The SMILES string of the molecule is N#COS(=O)(=O)O.[Fe]. The van der Waals surface area contributed by atoms with Crippen molar-refractivity contribution in [3.05, 3.63) is 0 Å². The van der Waals surface area contributed by atoms with Crippen molar-refractivity contribution in [1.82, 2.24) is 0 Å². The van der Waals surface area contributed by atoms with E-state index in [9.17, 15) is 8.42 Å². The summed E-state index contributed by atoms with van der Waals surface area (Å²) in [6.07, 6.45) is 0.770. The van der Waals surface area contributed by atoms with Crippen LogP contribution in [0.5, 0.6) is 0 Å². The third-order valence-electron chi connectivity index (χ3n) is 0.143. The van der Waals surface area contributed by atoms with Crippen LogP contribution in [0.1, 0.15) is 0 Å². The topological polar surface area (TPSA) is 87.4 Å². The summed E-state index contributed by atoms with van der Waals surface area (Å²) in [5, 5.41) is 7.39. The van der Waals surface area contributed by atoms with Crippen molar-refractivity contribution >= 4 is 10.4 Å². The summed E-state index contributed by atoms with van der Waals surface area (Å²) in [6, 6.07) is 0. The van der Waals surface area contributed by atoms with Gasteiger partial charge in [0.15, 0.2) is 0 Å². The van der Waals surface area contributed by atoms with Crippen LogP contribution in [-0.2, 0) is 31.7 Å². The first kappa shape index (κ1) is 10.7. The molecule has 48 valence electrons. The number of rotatable bonds is 1. The molecule has 0 aliphatic heterocycles. The molecule has 0 aliphatic rings. The van der Waals surface area contributed by atoms with E-state index < -0.39 is 10.4 Å². The molecule has 0 saturated heterocycles. The van der Waals surface area contributed by atoms with Crippen LogP contribution in [-0.4, -0.2) is 13.0 Å². The predicted molar refractivity (Wildman–Crippen MR) is 18.2 cm³/mol. The van der Waals surface area contributed by atoms with Gasteiger partial charge in [-0.1, -0.05) is 0 Å². The van der Waals surface area contributed by atoms with Gasteiger partial charge in [0.2, 0.25) is 0 Å². The average Bonchev–Trinajstić information content (AvgIpc) is 1.30. The summed E-state index contributed by atoms with van der Waals surface area (Å²) in [6.45, 7) is 0. The molecule has 0 aromatic rings. The molecule has 0 unspecified atom stereocenters. The third kappa shape index (κ3) is 9.21. The Morgan fingerprint density at radius 3 is 2.00 bits per heavy atom. The fourth-order valence-electron chi connectivity index (χ4n) is 0.0471. The van der Waals surface area contributed by atoms with Gasteiger partial charge < -0.3 is 0 Å². The molecule has 0 rings (SSSR count). The van der Waals surface area contributed by atoms with E-state index in [0.29, 0.717) is 0 Å². The fourth-order valence-corrected chi connectivity index (χ4v) is 0.141. The smallest absolute Gasteiger partial charge is 0.281 e. The largest absolute Gasteiger partial charge is 0.456 e. The summed E-state index contributed by atoms with van der Waals surface area (Å²) in [5.41, 5.74) is 0.